The lowest BCUT2D eigenvalue weighted by molar-refractivity contribution is -0.135. The molecule has 1 fully saturated rings. The smallest absolute Gasteiger partial charge is 0.417 e. The van der Waals surface area contributed by atoms with Gasteiger partial charge in [-0.15, -0.1) is 0 Å². The number of benzene rings is 1. The number of carbonyl (C=O) groups excluding carboxylic acids is 2. The number of allylic oxidation sites excluding steroid dienone is 1. The molecule has 1 aliphatic rings. The maximum absolute atomic E-state index is 12.8. The Morgan fingerprint density at radius 1 is 1.27 bits per heavy atom. The van der Waals surface area contributed by atoms with Gasteiger partial charge in [-0.2, -0.15) is 0 Å². The third-order valence-electron chi connectivity index (χ3n) is 4.92. The van der Waals surface area contributed by atoms with Crippen LogP contribution in [-0.4, -0.2) is 34.2 Å². The second-order valence-corrected chi connectivity index (χ2v) is 7.09. The third kappa shape index (κ3) is 4.52. The number of imide groups is 1. The van der Waals surface area contributed by atoms with Crippen LogP contribution in [0.1, 0.15) is 52.2 Å². The molecule has 1 saturated heterocycles. The van der Waals surface area contributed by atoms with Crippen LogP contribution >= 0.6 is 0 Å². The largest absolute Gasteiger partial charge is 0.439 e. The van der Waals surface area contributed by atoms with Crippen LogP contribution < -0.4 is 0 Å². The summed E-state index contributed by atoms with van der Waals surface area (Å²) in [5.41, 5.74) is 0.852. The lowest BCUT2D eigenvalue weighted by atomic mass is 9.98. The van der Waals surface area contributed by atoms with Gasteiger partial charge < -0.3 is 9.84 Å². The predicted molar refractivity (Wildman–Crippen MR) is 100 cm³/mol. The van der Waals surface area contributed by atoms with E-state index in [1.54, 1.807) is 19.9 Å². The van der Waals surface area contributed by atoms with Gasteiger partial charge in [-0.1, -0.05) is 69.7 Å². The average molecular weight is 359 g/mol. The minimum atomic E-state index is -0.933. The molecule has 5 heteroatoms. The molecule has 2 rings (SSSR count). The molecule has 1 aliphatic heterocycles. The van der Waals surface area contributed by atoms with Gasteiger partial charge in [0.25, 0.3) is 0 Å². The molecule has 2 amide bonds. The van der Waals surface area contributed by atoms with E-state index >= 15 is 0 Å². The fraction of sp³-hybridized carbons (Fsp3) is 0.524. The topological polar surface area (TPSA) is 66.8 Å². The Balaban J connectivity index is 2.07. The van der Waals surface area contributed by atoms with Gasteiger partial charge in [0.2, 0.25) is 5.91 Å². The zero-order chi connectivity index (χ0) is 19.3. The molecular weight excluding hydrogens is 330 g/mol. The van der Waals surface area contributed by atoms with Crippen LogP contribution in [0.5, 0.6) is 0 Å². The summed E-state index contributed by atoms with van der Waals surface area (Å²) >= 11 is 0. The minimum absolute atomic E-state index is 0.343. The summed E-state index contributed by atoms with van der Waals surface area (Å²) in [6.07, 6.45) is 3.60. The van der Waals surface area contributed by atoms with Crippen LogP contribution in [0.3, 0.4) is 0 Å². The van der Waals surface area contributed by atoms with E-state index in [0.717, 1.165) is 23.3 Å². The number of nitrogens with zero attached hydrogens (tertiary/aromatic N) is 1. The van der Waals surface area contributed by atoms with Gasteiger partial charge in [-0.05, 0) is 24.8 Å². The maximum Gasteiger partial charge on any atom is 0.417 e. The third-order valence-corrected chi connectivity index (χ3v) is 4.92. The van der Waals surface area contributed by atoms with E-state index in [9.17, 15) is 14.7 Å². The van der Waals surface area contributed by atoms with E-state index in [2.05, 4.69) is 13.8 Å². The van der Waals surface area contributed by atoms with Crippen LogP contribution in [0, 0.1) is 11.8 Å². The number of amides is 2. The number of rotatable bonds is 7. The molecule has 1 aromatic carbocycles. The normalized spacial score (nSPS) is 23.7. The Morgan fingerprint density at radius 3 is 2.54 bits per heavy atom. The molecule has 0 radical (unpaired) electrons. The fourth-order valence-corrected chi connectivity index (χ4v) is 3.23. The number of aliphatic hydroxyl groups excluding tert-OH is 1. The number of cyclic esters (lactones) is 1. The molecular formula is C21H29NO4. The lowest BCUT2D eigenvalue weighted by Crippen LogP contribution is -2.43. The Bertz CT molecular complexity index is 643. The molecule has 1 N–H and O–H groups in total. The van der Waals surface area contributed by atoms with Gasteiger partial charge in [0, 0.05) is 0 Å². The molecule has 5 atom stereocenters. The molecule has 1 heterocycles. The summed E-state index contributed by atoms with van der Waals surface area (Å²) < 4.78 is 5.42. The Hall–Kier alpha value is -2.14. The van der Waals surface area contributed by atoms with E-state index in [4.69, 9.17) is 4.74 Å². The van der Waals surface area contributed by atoms with Gasteiger partial charge in [-0.3, -0.25) is 4.79 Å². The predicted octanol–water partition coefficient (Wildman–Crippen LogP) is 4.08. The van der Waals surface area contributed by atoms with Crippen LogP contribution in [0.4, 0.5) is 4.79 Å². The van der Waals surface area contributed by atoms with Gasteiger partial charge in [0.15, 0.2) is 0 Å². The quantitative estimate of drug-likeness (QED) is 0.745. The summed E-state index contributed by atoms with van der Waals surface area (Å²) in [4.78, 5) is 26.2. The summed E-state index contributed by atoms with van der Waals surface area (Å²) in [6, 6.07) is 8.95. The minimum Gasteiger partial charge on any atom is -0.439 e. The maximum atomic E-state index is 12.8. The van der Waals surface area contributed by atoms with Gasteiger partial charge >= 0.3 is 6.09 Å². The highest BCUT2D eigenvalue weighted by Crippen LogP contribution is 2.33. The summed E-state index contributed by atoms with van der Waals surface area (Å²) in [5.74, 6) is -0.791. The van der Waals surface area contributed by atoms with Gasteiger partial charge in [-0.25, -0.2) is 9.69 Å². The highest BCUT2D eigenvalue weighted by molar-refractivity contribution is 5.95. The van der Waals surface area contributed by atoms with Crippen molar-refractivity contribution in [3.8, 4) is 0 Å². The first-order valence-corrected chi connectivity index (χ1v) is 9.31. The first-order valence-electron chi connectivity index (χ1n) is 9.31. The zero-order valence-corrected chi connectivity index (χ0v) is 16.0. The van der Waals surface area contributed by atoms with Crippen LogP contribution in [0.2, 0.25) is 0 Å². The van der Waals surface area contributed by atoms with Crippen molar-refractivity contribution in [2.45, 2.75) is 58.8 Å². The van der Waals surface area contributed by atoms with Crippen molar-refractivity contribution in [1.82, 2.24) is 4.90 Å². The molecule has 0 aliphatic carbocycles. The van der Waals surface area contributed by atoms with E-state index in [-0.39, 0.29) is 0 Å². The highest BCUT2D eigenvalue weighted by atomic mass is 16.6. The van der Waals surface area contributed by atoms with Crippen molar-refractivity contribution in [2.24, 2.45) is 11.8 Å². The second-order valence-electron chi connectivity index (χ2n) is 7.09. The molecule has 0 saturated carbocycles. The van der Waals surface area contributed by atoms with Crippen molar-refractivity contribution < 1.29 is 19.4 Å². The number of ether oxygens (including phenoxy) is 1. The van der Waals surface area contributed by atoms with Crippen molar-refractivity contribution in [1.29, 1.82) is 0 Å². The van der Waals surface area contributed by atoms with Gasteiger partial charge in [0.1, 0.15) is 6.10 Å². The first-order chi connectivity index (χ1) is 12.4. The molecule has 0 unspecified atom stereocenters. The molecule has 142 valence electrons. The van der Waals surface area contributed by atoms with Crippen LogP contribution in [0.15, 0.2) is 42.5 Å². The monoisotopic (exact) mass is 359 g/mol. The van der Waals surface area contributed by atoms with Crippen molar-refractivity contribution in [2.75, 3.05) is 0 Å². The van der Waals surface area contributed by atoms with Gasteiger partial charge in [0.05, 0.1) is 18.1 Å². The van der Waals surface area contributed by atoms with Crippen molar-refractivity contribution in [3.05, 3.63) is 48.0 Å². The molecule has 0 aromatic heterocycles. The van der Waals surface area contributed by atoms with E-state index in [0.29, 0.717) is 5.92 Å². The van der Waals surface area contributed by atoms with E-state index in [1.807, 2.05) is 36.4 Å². The van der Waals surface area contributed by atoms with Crippen molar-refractivity contribution in [3.63, 3.8) is 0 Å². The molecule has 5 nitrogen and oxygen atoms in total. The lowest BCUT2D eigenvalue weighted by Gasteiger charge is -2.24. The SMILES string of the molecule is CCC[C@H](C)/C=C/[C@H](O)[C@@H](C)C(=O)N1C(=O)O[C@@H](c2ccccc2)[C@H]1C. The molecule has 0 bridgehead atoms. The van der Waals surface area contributed by atoms with Crippen LogP contribution in [0.25, 0.3) is 0 Å². The zero-order valence-electron chi connectivity index (χ0n) is 16.0. The number of hydrogen-bond acceptors (Lipinski definition) is 4. The molecule has 26 heavy (non-hydrogen) atoms. The Morgan fingerprint density at radius 2 is 1.92 bits per heavy atom. The number of hydrogen-bond donors (Lipinski definition) is 1. The van der Waals surface area contributed by atoms with E-state index < -0.39 is 36.2 Å². The standard InChI is InChI=1S/C21H29NO4/c1-5-9-14(2)12-13-18(23)15(3)20(24)22-16(4)19(26-21(22)25)17-10-7-6-8-11-17/h6-8,10-16,18-19,23H,5,9H2,1-4H3/b13-12+/t14-,15+,16+,18-,19+/m0/s1. The summed E-state index contributed by atoms with van der Waals surface area (Å²) in [7, 11) is 0. The second kappa shape index (κ2) is 8.99. The van der Waals surface area contributed by atoms with Crippen molar-refractivity contribution >= 4 is 12.0 Å². The average Bonchev–Trinajstić information content (AvgIpc) is 2.93. The fourth-order valence-electron chi connectivity index (χ4n) is 3.23. The Labute approximate surface area is 155 Å². The Kier molecular flexibility index (Phi) is 6.98. The summed E-state index contributed by atoms with van der Waals surface area (Å²) in [6.45, 7) is 7.61. The summed E-state index contributed by atoms with van der Waals surface area (Å²) in [5, 5.41) is 10.3. The highest BCUT2D eigenvalue weighted by Gasteiger charge is 2.45. The van der Waals surface area contributed by atoms with Crippen LogP contribution in [-0.2, 0) is 9.53 Å². The number of carbonyl (C=O) groups is 2. The number of aliphatic hydroxyl groups is 1. The first kappa shape index (κ1) is 20.2. The van der Waals surface area contributed by atoms with E-state index in [1.165, 1.54) is 0 Å². The molecule has 0 spiro atoms. The molecule has 1 aromatic rings.